The summed E-state index contributed by atoms with van der Waals surface area (Å²) >= 11 is 1.92. The molecular weight excluding hydrogens is 190 g/mol. The smallest absolute Gasteiger partial charge is 0.0576 e. The van der Waals surface area contributed by atoms with Crippen LogP contribution in [-0.4, -0.2) is 6.54 Å². The lowest BCUT2D eigenvalue weighted by atomic mass is 9.96. The minimum Gasteiger partial charge on any atom is -0.302 e. The molecule has 0 atom stereocenters. The van der Waals surface area contributed by atoms with Crippen LogP contribution in [0, 0.1) is 12.3 Å². The highest BCUT2D eigenvalue weighted by atomic mass is 32.1. The normalized spacial score (nSPS) is 14.8. The van der Waals surface area contributed by atoms with E-state index in [1.54, 1.807) is 10.4 Å². The Hall–Kier alpha value is -0.780. The van der Waals surface area contributed by atoms with Gasteiger partial charge in [-0.3, -0.25) is 0 Å². The summed E-state index contributed by atoms with van der Waals surface area (Å²) in [5, 5.41) is 5.55. The third-order valence-electron chi connectivity index (χ3n) is 2.69. The number of fused-ring (bicyclic) bond motifs is 1. The first kappa shape index (κ1) is 9.76. The molecule has 1 heterocycles. The number of hydrogen-bond acceptors (Lipinski definition) is 2. The summed E-state index contributed by atoms with van der Waals surface area (Å²) in [7, 11) is 0. The molecule has 0 saturated carbocycles. The molecule has 0 unspecified atom stereocenters. The third kappa shape index (κ3) is 2.00. The summed E-state index contributed by atoms with van der Waals surface area (Å²) in [4.78, 5) is 1.61. The molecule has 0 spiro atoms. The Labute approximate surface area is 89.5 Å². The molecule has 1 aromatic rings. The van der Waals surface area contributed by atoms with Gasteiger partial charge in [0.25, 0.3) is 0 Å². The van der Waals surface area contributed by atoms with Crippen molar-refractivity contribution in [2.24, 2.45) is 0 Å². The fourth-order valence-corrected chi connectivity index (χ4v) is 3.13. The number of thiophene rings is 1. The summed E-state index contributed by atoms with van der Waals surface area (Å²) in [5.41, 5.74) is 3.07. The molecule has 1 aromatic heterocycles. The van der Waals surface area contributed by atoms with Crippen molar-refractivity contribution < 1.29 is 0 Å². The molecule has 1 aliphatic carbocycles. The van der Waals surface area contributed by atoms with Gasteiger partial charge >= 0.3 is 0 Å². The van der Waals surface area contributed by atoms with Crippen LogP contribution in [0.4, 0.5) is 0 Å². The van der Waals surface area contributed by atoms with E-state index in [-0.39, 0.29) is 0 Å². The van der Waals surface area contributed by atoms with Gasteiger partial charge in [0.1, 0.15) is 0 Å². The van der Waals surface area contributed by atoms with Crippen LogP contribution in [0.5, 0.6) is 0 Å². The van der Waals surface area contributed by atoms with Crippen LogP contribution in [0.1, 0.15) is 28.8 Å². The zero-order valence-corrected chi connectivity index (χ0v) is 9.12. The highest BCUT2D eigenvalue weighted by Crippen LogP contribution is 2.29. The van der Waals surface area contributed by atoms with E-state index in [4.69, 9.17) is 6.42 Å². The van der Waals surface area contributed by atoms with Crippen LogP contribution in [0.25, 0.3) is 0 Å². The maximum atomic E-state index is 5.20. The molecule has 0 fully saturated rings. The van der Waals surface area contributed by atoms with E-state index >= 15 is 0 Å². The molecule has 0 aliphatic heterocycles. The van der Waals surface area contributed by atoms with Crippen molar-refractivity contribution in [1.29, 1.82) is 0 Å². The highest BCUT2D eigenvalue weighted by Gasteiger charge is 2.14. The Morgan fingerprint density at radius 3 is 3.14 bits per heavy atom. The van der Waals surface area contributed by atoms with Crippen molar-refractivity contribution in [1.82, 2.24) is 5.32 Å². The van der Waals surface area contributed by atoms with Gasteiger partial charge in [0.2, 0.25) is 0 Å². The van der Waals surface area contributed by atoms with Crippen LogP contribution in [-0.2, 0) is 19.4 Å². The molecule has 74 valence electrons. The first-order valence-corrected chi connectivity index (χ1v) is 6.02. The lowest BCUT2D eigenvalue weighted by molar-refractivity contribution is 0.680. The van der Waals surface area contributed by atoms with Crippen molar-refractivity contribution in [2.75, 3.05) is 6.54 Å². The van der Waals surface area contributed by atoms with Gasteiger partial charge in [0.05, 0.1) is 6.54 Å². The van der Waals surface area contributed by atoms with Crippen LogP contribution in [0.3, 0.4) is 0 Å². The number of hydrogen-bond donors (Lipinski definition) is 1. The van der Waals surface area contributed by atoms with E-state index in [0.29, 0.717) is 6.54 Å². The third-order valence-corrected chi connectivity index (χ3v) is 3.83. The van der Waals surface area contributed by atoms with Gasteiger partial charge in [-0.05, 0) is 42.2 Å². The SMILES string of the molecule is C#CCNCc1csc2c1CCCC2. The summed E-state index contributed by atoms with van der Waals surface area (Å²) in [6.07, 6.45) is 10.5. The lowest BCUT2D eigenvalue weighted by Gasteiger charge is -2.12. The number of aryl methyl sites for hydroxylation is 1. The average molecular weight is 205 g/mol. The minimum absolute atomic E-state index is 0.671. The standard InChI is InChI=1S/C12H15NS/c1-2-7-13-8-10-9-14-12-6-4-3-5-11(10)12/h1,9,13H,3-8H2. The van der Waals surface area contributed by atoms with Gasteiger partial charge in [-0.25, -0.2) is 0 Å². The maximum absolute atomic E-state index is 5.20. The van der Waals surface area contributed by atoms with Crippen molar-refractivity contribution in [2.45, 2.75) is 32.2 Å². The Morgan fingerprint density at radius 2 is 2.29 bits per heavy atom. The second-order valence-electron chi connectivity index (χ2n) is 3.68. The average Bonchev–Trinajstić information content (AvgIpc) is 2.63. The van der Waals surface area contributed by atoms with Crippen LogP contribution >= 0.6 is 11.3 Å². The predicted molar refractivity (Wildman–Crippen MR) is 61.5 cm³/mol. The van der Waals surface area contributed by atoms with Gasteiger partial charge in [-0.2, -0.15) is 0 Å². The van der Waals surface area contributed by atoms with Gasteiger partial charge in [-0.1, -0.05) is 5.92 Å². The molecule has 0 radical (unpaired) electrons. The molecule has 0 aromatic carbocycles. The highest BCUT2D eigenvalue weighted by molar-refractivity contribution is 7.10. The molecule has 14 heavy (non-hydrogen) atoms. The monoisotopic (exact) mass is 205 g/mol. The Kier molecular flexibility index (Phi) is 3.23. The van der Waals surface area contributed by atoms with Crippen LogP contribution in [0.2, 0.25) is 0 Å². The number of rotatable bonds is 3. The first-order chi connectivity index (χ1) is 6.92. The van der Waals surface area contributed by atoms with Crippen molar-refractivity contribution in [3.8, 4) is 12.3 Å². The molecule has 1 aliphatic rings. The Balaban J connectivity index is 2.04. The molecule has 2 rings (SSSR count). The number of terminal acetylenes is 1. The van der Waals surface area contributed by atoms with E-state index < -0.39 is 0 Å². The van der Waals surface area contributed by atoms with Gasteiger partial charge in [-0.15, -0.1) is 17.8 Å². The van der Waals surface area contributed by atoms with Crippen molar-refractivity contribution in [3.63, 3.8) is 0 Å². The topological polar surface area (TPSA) is 12.0 Å². The second-order valence-corrected chi connectivity index (χ2v) is 4.64. The van der Waals surface area contributed by atoms with E-state index in [0.717, 1.165) is 6.54 Å². The first-order valence-electron chi connectivity index (χ1n) is 5.14. The molecule has 1 N–H and O–H groups in total. The zero-order valence-electron chi connectivity index (χ0n) is 8.31. The molecule has 2 heteroatoms. The number of nitrogens with one attached hydrogen (secondary N) is 1. The van der Waals surface area contributed by atoms with Crippen molar-refractivity contribution in [3.05, 3.63) is 21.4 Å². The molecular formula is C12H15NS. The molecule has 0 saturated heterocycles. The Bertz CT molecular complexity index is 346. The summed E-state index contributed by atoms with van der Waals surface area (Å²) < 4.78 is 0. The van der Waals surface area contributed by atoms with Crippen LogP contribution in [0.15, 0.2) is 5.38 Å². The molecule has 1 nitrogen and oxygen atoms in total. The zero-order chi connectivity index (χ0) is 9.80. The molecule has 0 amide bonds. The Morgan fingerprint density at radius 1 is 1.43 bits per heavy atom. The lowest BCUT2D eigenvalue weighted by Crippen LogP contribution is -2.14. The molecule has 0 bridgehead atoms. The van der Waals surface area contributed by atoms with Gasteiger partial charge in [0.15, 0.2) is 0 Å². The van der Waals surface area contributed by atoms with E-state index in [1.807, 2.05) is 11.3 Å². The van der Waals surface area contributed by atoms with E-state index in [1.165, 1.54) is 31.2 Å². The second kappa shape index (κ2) is 4.63. The fourth-order valence-electron chi connectivity index (χ4n) is 1.98. The van der Waals surface area contributed by atoms with Gasteiger partial charge < -0.3 is 5.32 Å². The minimum atomic E-state index is 0.671. The summed E-state index contributed by atoms with van der Waals surface area (Å²) in [5.74, 6) is 2.60. The van der Waals surface area contributed by atoms with E-state index in [2.05, 4.69) is 16.6 Å². The quantitative estimate of drug-likeness (QED) is 0.590. The maximum Gasteiger partial charge on any atom is 0.0576 e. The van der Waals surface area contributed by atoms with Crippen molar-refractivity contribution >= 4 is 11.3 Å². The largest absolute Gasteiger partial charge is 0.302 e. The fraction of sp³-hybridized carbons (Fsp3) is 0.500. The summed E-state index contributed by atoms with van der Waals surface area (Å²) in [6.45, 7) is 1.61. The van der Waals surface area contributed by atoms with Crippen LogP contribution < -0.4 is 5.32 Å². The predicted octanol–water partition coefficient (Wildman–Crippen LogP) is 2.35. The van der Waals surface area contributed by atoms with Gasteiger partial charge in [0, 0.05) is 11.4 Å². The summed E-state index contributed by atoms with van der Waals surface area (Å²) in [6, 6.07) is 0. The van der Waals surface area contributed by atoms with E-state index in [9.17, 15) is 0 Å².